The Bertz CT molecular complexity index is 324. The molecule has 1 rings (SSSR count). The van der Waals surface area contributed by atoms with Crippen LogP contribution in [0.4, 0.5) is 13.2 Å². The first-order valence-corrected chi connectivity index (χ1v) is 7.56. The third kappa shape index (κ3) is 7.66. The molecule has 0 aromatic carbocycles. The highest BCUT2D eigenvalue weighted by Crippen LogP contribution is 2.24. The molecule has 1 amide bonds. The van der Waals surface area contributed by atoms with Crippen molar-refractivity contribution in [2.75, 3.05) is 6.61 Å². The Labute approximate surface area is 123 Å². The van der Waals surface area contributed by atoms with Gasteiger partial charge in [-0.2, -0.15) is 13.2 Å². The van der Waals surface area contributed by atoms with E-state index in [4.69, 9.17) is 10.5 Å². The first kappa shape index (κ1) is 18.2. The molecule has 3 N–H and O–H groups in total. The molecule has 1 aliphatic carbocycles. The minimum atomic E-state index is -4.31. The second kappa shape index (κ2) is 8.58. The van der Waals surface area contributed by atoms with Gasteiger partial charge in [0, 0.05) is 6.04 Å². The number of nitrogens with two attached hydrogens (primary N) is 1. The molecule has 0 aromatic rings. The summed E-state index contributed by atoms with van der Waals surface area (Å²) in [6.45, 7) is 0.794. The Morgan fingerprint density at radius 3 is 2.76 bits per heavy atom. The lowest BCUT2D eigenvalue weighted by molar-refractivity contribution is -0.188. The maximum absolute atomic E-state index is 12.1. The normalized spacial score (nSPS) is 24.6. The molecule has 1 aliphatic rings. The number of carbonyl (C=O) groups is 1. The van der Waals surface area contributed by atoms with E-state index in [9.17, 15) is 18.0 Å². The number of unbranched alkanes of at least 4 members (excludes halogenated alkanes) is 1. The number of hydrogen-bond donors (Lipinski definition) is 2. The van der Waals surface area contributed by atoms with Crippen LogP contribution in [0.3, 0.4) is 0 Å². The highest BCUT2D eigenvalue weighted by Gasteiger charge is 2.31. The van der Waals surface area contributed by atoms with Gasteiger partial charge >= 0.3 is 6.18 Å². The largest absolute Gasteiger partial charge is 0.411 e. The van der Waals surface area contributed by atoms with Crippen LogP contribution in [0.25, 0.3) is 0 Å². The Morgan fingerprint density at radius 2 is 2.14 bits per heavy atom. The summed E-state index contributed by atoms with van der Waals surface area (Å²) in [5.74, 6) is -0.218. The lowest BCUT2D eigenvalue weighted by atomic mass is 9.92. The number of carbonyl (C=O) groups excluding carboxylic acids is 1. The van der Waals surface area contributed by atoms with Crippen molar-refractivity contribution in [3.8, 4) is 0 Å². The van der Waals surface area contributed by atoms with Gasteiger partial charge in [-0.3, -0.25) is 4.79 Å². The third-order valence-electron chi connectivity index (χ3n) is 3.66. The summed E-state index contributed by atoms with van der Waals surface area (Å²) in [6, 6.07) is -0.682. The van der Waals surface area contributed by atoms with Crippen LogP contribution in [-0.4, -0.2) is 36.9 Å². The fourth-order valence-electron chi connectivity index (χ4n) is 2.50. The quantitative estimate of drug-likeness (QED) is 0.759. The molecule has 1 saturated carbocycles. The third-order valence-corrected chi connectivity index (χ3v) is 3.66. The molecule has 0 radical (unpaired) electrons. The van der Waals surface area contributed by atoms with Crippen molar-refractivity contribution < 1.29 is 22.7 Å². The van der Waals surface area contributed by atoms with E-state index in [1.165, 1.54) is 0 Å². The molecule has 0 aliphatic heterocycles. The first-order valence-electron chi connectivity index (χ1n) is 7.56. The minimum absolute atomic E-state index is 0.142. The van der Waals surface area contributed by atoms with Gasteiger partial charge in [0.2, 0.25) is 5.91 Å². The van der Waals surface area contributed by atoms with Crippen LogP contribution in [0, 0.1) is 0 Å². The summed E-state index contributed by atoms with van der Waals surface area (Å²) in [6.07, 6.45) is 0.260. The van der Waals surface area contributed by atoms with Crippen molar-refractivity contribution in [2.24, 2.45) is 5.73 Å². The molecule has 2 unspecified atom stereocenters. The van der Waals surface area contributed by atoms with Crippen molar-refractivity contribution in [1.82, 2.24) is 5.32 Å². The smallest absolute Gasteiger partial charge is 0.369 e. The lowest BCUT2D eigenvalue weighted by Gasteiger charge is -2.30. The number of rotatable bonds is 7. The molecule has 3 atom stereocenters. The van der Waals surface area contributed by atoms with Crippen molar-refractivity contribution in [2.45, 2.75) is 76.2 Å². The van der Waals surface area contributed by atoms with E-state index in [-0.39, 0.29) is 11.9 Å². The molecular formula is C14H25F3N2O2. The average Bonchev–Trinajstić information content (AvgIpc) is 2.42. The summed E-state index contributed by atoms with van der Waals surface area (Å²) < 4.78 is 41.3. The molecule has 21 heavy (non-hydrogen) atoms. The summed E-state index contributed by atoms with van der Waals surface area (Å²) in [7, 11) is 0. The zero-order valence-electron chi connectivity index (χ0n) is 12.4. The predicted octanol–water partition coefficient (Wildman–Crippen LogP) is 2.51. The van der Waals surface area contributed by atoms with Crippen molar-refractivity contribution in [3.63, 3.8) is 0 Å². The highest BCUT2D eigenvalue weighted by atomic mass is 19.4. The van der Waals surface area contributed by atoms with E-state index < -0.39 is 24.9 Å². The maximum atomic E-state index is 12.1. The van der Waals surface area contributed by atoms with E-state index in [1.807, 2.05) is 6.92 Å². The maximum Gasteiger partial charge on any atom is 0.411 e. The number of amides is 1. The average molecular weight is 310 g/mol. The molecule has 0 bridgehead atoms. The highest BCUT2D eigenvalue weighted by molar-refractivity contribution is 5.81. The van der Waals surface area contributed by atoms with Gasteiger partial charge in [-0.05, 0) is 32.1 Å². The number of hydrogen-bond acceptors (Lipinski definition) is 3. The molecule has 1 fully saturated rings. The van der Waals surface area contributed by atoms with Gasteiger partial charge in [-0.15, -0.1) is 0 Å². The van der Waals surface area contributed by atoms with Crippen LogP contribution in [0.15, 0.2) is 0 Å². The molecule has 0 saturated heterocycles. The minimum Gasteiger partial charge on any atom is -0.369 e. The number of halogens is 3. The van der Waals surface area contributed by atoms with Crippen molar-refractivity contribution >= 4 is 5.91 Å². The summed E-state index contributed by atoms with van der Waals surface area (Å²) in [5, 5.41) is 2.83. The van der Waals surface area contributed by atoms with Gasteiger partial charge in [0.1, 0.15) is 6.61 Å². The molecule has 7 heteroatoms. The monoisotopic (exact) mass is 310 g/mol. The van der Waals surface area contributed by atoms with Crippen LogP contribution in [0.2, 0.25) is 0 Å². The van der Waals surface area contributed by atoms with Gasteiger partial charge in [-0.1, -0.05) is 19.8 Å². The van der Waals surface area contributed by atoms with Crippen LogP contribution < -0.4 is 11.1 Å². The standard InChI is InChI=1S/C14H25F3N2O2/c1-2-3-7-12(18)13(20)19-10-5-4-6-11(8-10)21-9-14(15,16)17/h10-12H,2-9,18H2,1H3,(H,19,20)/t10?,11?,12-/m0/s1. The Hall–Kier alpha value is -0.820. The fraction of sp³-hybridized carbons (Fsp3) is 0.929. The zero-order valence-corrected chi connectivity index (χ0v) is 12.4. The Balaban J connectivity index is 2.33. The second-order valence-electron chi connectivity index (χ2n) is 5.67. The van der Waals surface area contributed by atoms with Gasteiger partial charge in [0.05, 0.1) is 12.1 Å². The Morgan fingerprint density at radius 1 is 1.43 bits per heavy atom. The molecular weight excluding hydrogens is 285 g/mol. The lowest BCUT2D eigenvalue weighted by Crippen LogP contribution is -2.47. The van der Waals surface area contributed by atoms with Crippen molar-refractivity contribution in [1.29, 1.82) is 0 Å². The molecule has 0 heterocycles. The van der Waals surface area contributed by atoms with E-state index in [2.05, 4.69) is 5.32 Å². The van der Waals surface area contributed by atoms with Crippen molar-refractivity contribution in [3.05, 3.63) is 0 Å². The SMILES string of the molecule is CCCC[C@H](N)C(=O)NC1CCCC(OCC(F)(F)F)C1. The van der Waals surface area contributed by atoms with E-state index >= 15 is 0 Å². The van der Waals surface area contributed by atoms with E-state index in [1.54, 1.807) is 0 Å². The van der Waals surface area contributed by atoms with Gasteiger partial charge < -0.3 is 15.8 Å². The summed E-state index contributed by atoms with van der Waals surface area (Å²) in [4.78, 5) is 11.9. The number of alkyl halides is 3. The first-order chi connectivity index (χ1) is 9.81. The number of ether oxygens (including phenoxy) is 1. The van der Waals surface area contributed by atoms with E-state index in [0.29, 0.717) is 19.3 Å². The summed E-state index contributed by atoms with van der Waals surface area (Å²) >= 11 is 0. The van der Waals surface area contributed by atoms with E-state index in [0.717, 1.165) is 25.7 Å². The molecule has 0 aromatic heterocycles. The Kier molecular flexibility index (Phi) is 7.45. The summed E-state index contributed by atoms with van der Waals surface area (Å²) in [5.41, 5.74) is 5.78. The molecule has 124 valence electrons. The van der Waals surface area contributed by atoms with Gasteiger partial charge in [-0.25, -0.2) is 0 Å². The van der Waals surface area contributed by atoms with Gasteiger partial charge in [0.15, 0.2) is 0 Å². The van der Waals surface area contributed by atoms with Crippen LogP contribution in [-0.2, 0) is 9.53 Å². The fourth-order valence-corrected chi connectivity index (χ4v) is 2.50. The second-order valence-corrected chi connectivity index (χ2v) is 5.67. The zero-order chi connectivity index (χ0) is 15.9. The van der Waals surface area contributed by atoms with Crippen LogP contribution in [0.5, 0.6) is 0 Å². The van der Waals surface area contributed by atoms with Crippen LogP contribution >= 0.6 is 0 Å². The number of nitrogens with one attached hydrogen (secondary N) is 1. The van der Waals surface area contributed by atoms with Gasteiger partial charge in [0.25, 0.3) is 0 Å². The predicted molar refractivity (Wildman–Crippen MR) is 73.7 cm³/mol. The van der Waals surface area contributed by atoms with Crippen LogP contribution in [0.1, 0.15) is 51.9 Å². The topological polar surface area (TPSA) is 64.4 Å². The molecule has 0 spiro atoms. The molecule has 4 nitrogen and oxygen atoms in total.